The van der Waals surface area contributed by atoms with Crippen molar-refractivity contribution in [1.82, 2.24) is 14.9 Å². The van der Waals surface area contributed by atoms with Gasteiger partial charge < -0.3 is 19.8 Å². The molecule has 1 atom stereocenters. The first kappa shape index (κ1) is 24.7. The van der Waals surface area contributed by atoms with Crippen LogP contribution in [0.4, 0.5) is 17.6 Å². The van der Waals surface area contributed by atoms with Gasteiger partial charge in [0, 0.05) is 24.0 Å². The molecule has 192 valence electrons. The number of nitrogens with two attached hydrogens (primary N) is 1. The summed E-state index contributed by atoms with van der Waals surface area (Å²) < 4.78 is 64.8. The number of hydrogen-bond acceptors (Lipinski definition) is 6. The van der Waals surface area contributed by atoms with Gasteiger partial charge in [0.1, 0.15) is 22.8 Å². The molecule has 3 heterocycles. The first-order valence-electron chi connectivity index (χ1n) is 11.4. The van der Waals surface area contributed by atoms with Crippen LogP contribution in [0.15, 0.2) is 46.9 Å². The van der Waals surface area contributed by atoms with Gasteiger partial charge >= 0.3 is 6.18 Å². The lowest BCUT2D eigenvalue weighted by atomic mass is 9.99. The molecular weight excluding hydrogens is 492 g/mol. The number of amides is 1. The van der Waals surface area contributed by atoms with E-state index in [4.69, 9.17) is 14.9 Å². The Morgan fingerprint density at radius 3 is 2.62 bits per heavy atom. The van der Waals surface area contributed by atoms with E-state index in [9.17, 15) is 22.4 Å². The van der Waals surface area contributed by atoms with Crippen LogP contribution in [0.3, 0.4) is 0 Å². The molecule has 0 radical (unpaired) electrons. The van der Waals surface area contributed by atoms with E-state index in [1.54, 1.807) is 24.0 Å². The Kier molecular flexibility index (Phi) is 6.10. The van der Waals surface area contributed by atoms with Crippen LogP contribution in [0.5, 0.6) is 5.75 Å². The van der Waals surface area contributed by atoms with Crippen LogP contribution in [0.2, 0.25) is 0 Å². The molecule has 5 rings (SSSR count). The molecule has 1 aliphatic heterocycles. The molecule has 2 aromatic heterocycles. The van der Waals surface area contributed by atoms with E-state index in [2.05, 4.69) is 9.97 Å². The number of benzene rings is 2. The molecule has 0 unspecified atom stereocenters. The van der Waals surface area contributed by atoms with Gasteiger partial charge in [-0.1, -0.05) is 6.07 Å². The van der Waals surface area contributed by atoms with Crippen molar-refractivity contribution in [2.24, 2.45) is 5.73 Å². The average molecular weight is 514 g/mol. The molecule has 0 saturated carbocycles. The molecule has 0 bridgehead atoms. The van der Waals surface area contributed by atoms with Crippen molar-refractivity contribution in [2.45, 2.75) is 32.1 Å². The predicted octanol–water partition coefficient (Wildman–Crippen LogP) is 5.27. The number of methoxy groups -OCH3 is 1. The number of nitrogens with zero attached hydrogens (tertiary/aromatic N) is 3. The first-order valence-corrected chi connectivity index (χ1v) is 11.4. The number of fused-ring (bicyclic) bond motifs is 2. The van der Waals surface area contributed by atoms with Gasteiger partial charge in [-0.05, 0) is 60.9 Å². The summed E-state index contributed by atoms with van der Waals surface area (Å²) in [5.74, 6) is -0.546. The van der Waals surface area contributed by atoms with Gasteiger partial charge in [0.05, 0.1) is 13.2 Å². The molecule has 2 aromatic carbocycles. The summed E-state index contributed by atoms with van der Waals surface area (Å²) in [5.41, 5.74) is 6.97. The topological polar surface area (TPSA) is 94.5 Å². The molecule has 7 nitrogen and oxygen atoms in total. The van der Waals surface area contributed by atoms with E-state index in [1.165, 1.54) is 31.4 Å². The van der Waals surface area contributed by atoms with Gasteiger partial charge in [0.2, 0.25) is 5.89 Å². The number of pyridine rings is 1. The fourth-order valence-electron chi connectivity index (χ4n) is 4.46. The second-order valence-corrected chi connectivity index (χ2v) is 8.82. The third-order valence-electron chi connectivity index (χ3n) is 6.30. The summed E-state index contributed by atoms with van der Waals surface area (Å²) in [4.78, 5) is 23.2. The average Bonchev–Trinajstić information content (AvgIpc) is 3.32. The molecule has 11 heteroatoms. The Bertz CT molecular complexity index is 1510. The number of oxazole rings is 1. The van der Waals surface area contributed by atoms with E-state index < -0.39 is 23.8 Å². The van der Waals surface area contributed by atoms with E-state index in [0.29, 0.717) is 29.5 Å². The van der Waals surface area contributed by atoms with Crippen molar-refractivity contribution in [3.8, 4) is 17.2 Å². The van der Waals surface area contributed by atoms with Gasteiger partial charge in [0.25, 0.3) is 5.91 Å². The Balaban J connectivity index is 1.57. The standard InChI is InChI=1S/C26H22F4N4O3/c1-13(31)23-22(25(35)34-10-9-14-3-4-16(27)11-15(14)12-34)33-24(37-23)18-5-7-19(36-2)21-17(18)6-8-20(32-21)26(28,29)30/h3-8,11,13H,9-10,12,31H2,1-2H3/t13-/m0/s1. The quantitative estimate of drug-likeness (QED) is 0.373. The maximum Gasteiger partial charge on any atom is 0.433 e. The van der Waals surface area contributed by atoms with Crippen LogP contribution in [0.1, 0.15) is 46.0 Å². The van der Waals surface area contributed by atoms with Crippen LogP contribution in [0, 0.1) is 5.82 Å². The van der Waals surface area contributed by atoms with Gasteiger partial charge in [-0.25, -0.2) is 14.4 Å². The highest BCUT2D eigenvalue weighted by Gasteiger charge is 2.34. The molecule has 1 aliphatic rings. The highest BCUT2D eigenvalue weighted by molar-refractivity contribution is 5.98. The van der Waals surface area contributed by atoms with E-state index >= 15 is 0 Å². The molecule has 0 fully saturated rings. The minimum Gasteiger partial charge on any atom is -0.494 e. The Hall–Kier alpha value is -3.99. The number of rotatable bonds is 4. The number of carbonyl (C=O) groups is 1. The molecule has 0 aliphatic carbocycles. The molecule has 0 saturated heterocycles. The summed E-state index contributed by atoms with van der Waals surface area (Å²) in [5, 5.41) is 0.297. The molecule has 1 amide bonds. The van der Waals surface area contributed by atoms with Crippen molar-refractivity contribution in [1.29, 1.82) is 0 Å². The second kappa shape index (κ2) is 9.15. The van der Waals surface area contributed by atoms with Gasteiger partial charge in [-0.2, -0.15) is 13.2 Å². The zero-order valence-electron chi connectivity index (χ0n) is 19.9. The van der Waals surface area contributed by atoms with Crippen molar-refractivity contribution < 1.29 is 31.5 Å². The molecule has 0 spiro atoms. The van der Waals surface area contributed by atoms with Crippen LogP contribution in [0.25, 0.3) is 22.4 Å². The third-order valence-corrected chi connectivity index (χ3v) is 6.30. The van der Waals surface area contributed by atoms with Gasteiger partial charge in [-0.3, -0.25) is 4.79 Å². The van der Waals surface area contributed by atoms with Gasteiger partial charge in [-0.15, -0.1) is 0 Å². The molecular formula is C26H22F4N4O3. The first-order chi connectivity index (χ1) is 17.6. The molecule has 4 aromatic rings. The molecule has 2 N–H and O–H groups in total. The van der Waals surface area contributed by atoms with Crippen LogP contribution < -0.4 is 10.5 Å². The maximum atomic E-state index is 13.8. The zero-order chi connectivity index (χ0) is 26.5. The fraction of sp³-hybridized carbons (Fsp3) is 0.269. The van der Waals surface area contributed by atoms with E-state index in [1.807, 2.05) is 0 Å². The Labute approximate surface area is 208 Å². The summed E-state index contributed by atoms with van der Waals surface area (Å²) >= 11 is 0. The predicted molar refractivity (Wildman–Crippen MR) is 126 cm³/mol. The largest absolute Gasteiger partial charge is 0.494 e. The fourth-order valence-corrected chi connectivity index (χ4v) is 4.46. The minimum atomic E-state index is -4.64. The number of carbonyl (C=O) groups excluding carboxylic acids is 1. The van der Waals surface area contributed by atoms with Crippen molar-refractivity contribution in [3.63, 3.8) is 0 Å². The van der Waals surface area contributed by atoms with Crippen LogP contribution in [-0.4, -0.2) is 34.4 Å². The third kappa shape index (κ3) is 4.50. The van der Waals surface area contributed by atoms with Crippen LogP contribution in [-0.2, 0) is 19.1 Å². The normalized spacial score (nSPS) is 14.5. The minimum absolute atomic E-state index is 0.00584. The summed E-state index contributed by atoms with van der Waals surface area (Å²) in [6, 6.07) is 8.95. The highest BCUT2D eigenvalue weighted by atomic mass is 19.4. The SMILES string of the molecule is COc1ccc(-c2nc(C(=O)N3CCc4ccc(F)cc4C3)c([C@H](C)N)o2)c2ccc(C(F)(F)F)nc12. The van der Waals surface area contributed by atoms with Crippen molar-refractivity contribution in [2.75, 3.05) is 13.7 Å². The smallest absolute Gasteiger partial charge is 0.433 e. The number of ether oxygens (including phenoxy) is 1. The monoisotopic (exact) mass is 514 g/mol. The van der Waals surface area contributed by atoms with Gasteiger partial charge in [0.15, 0.2) is 11.5 Å². The maximum absolute atomic E-state index is 13.8. The second-order valence-electron chi connectivity index (χ2n) is 8.82. The van der Waals surface area contributed by atoms with Crippen molar-refractivity contribution in [3.05, 3.63) is 76.6 Å². The lowest BCUT2D eigenvalue weighted by Gasteiger charge is -2.28. The lowest BCUT2D eigenvalue weighted by molar-refractivity contribution is -0.140. The van der Waals surface area contributed by atoms with E-state index in [0.717, 1.165) is 11.6 Å². The highest BCUT2D eigenvalue weighted by Crippen LogP contribution is 2.37. The summed E-state index contributed by atoms with van der Waals surface area (Å²) in [6.45, 7) is 2.22. The zero-order valence-corrected chi connectivity index (χ0v) is 19.9. The van der Waals surface area contributed by atoms with Crippen LogP contribution >= 0.6 is 0 Å². The number of hydrogen-bond donors (Lipinski definition) is 1. The number of aromatic nitrogens is 2. The molecule has 37 heavy (non-hydrogen) atoms. The Morgan fingerprint density at radius 1 is 1.14 bits per heavy atom. The Morgan fingerprint density at radius 2 is 1.92 bits per heavy atom. The summed E-state index contributed by atoms with van der Waals surface area (Å²) in [7, 11) is 1.33. The number of alkyl halides is 3. The van der Waals surface area contributed by atoms with Crippen molar-refractivity contribution >= 4 is 16.8 Å². The lowest BCUT2D eigenvalue weighted by Crippen LogP contribution is -2.37. The van der Waals surface area contributed by atoms with E-state index in [-0.39, 0.29) is 41.0 Å². The number of halogens is 4. The summed E-state index contributed by atoms with van der Waals surface area (Å²) in [6.07, 6.45) is -4.09.